The second-order valence-electron chi connectivity index (χ2n) is 3.91. The summed E-state index contributed by atoms with van der Waals surface area (Å²) in [4.78, 5) is 0. The summed E-state index contributed by atoms with van der Waals surface area (Å²) < 4.78 is 1.93. The standard InChI is InChI=1S/C9H14ClN/c1-9(2,3)7-5-8(10)11(4)6-7/h5-6H,1-4H3. The van der Waals surface area contributed by atoms with Crippen LogP contribution in [0.1, 0.15) is 26.3 Å². The Hall–Kier alpha value is -0.430. The average molecular weight is 172 g/mol. The molecule has 0 aliphatic carbocycles. The maximum atomic E-state index is 5.90. The summed E-state index contributed by atoms with van der Waals surface area (Å²) >= 11 is 5.90. The van der Waals surface area contributed by atoms with Crippen molar-refractivity contribution in [2.45, 2.75) is 26.2 Å². The van der Waals surface area contributed by atoms with Crippen molar-refractivity contribution in [3.8, 4) is 0 Å². The molecule has 1 rings (SSSR count). The molecule has 0 fully saturated rings. The Morgan fingerprint density at radius 1 is 1.36 bits per heavy atom. The number of aromatic nitrogens is 1. The van der Waals surface area contributed by atoms with Gasteiger partial charge in [-0.1, -0.05) is 32.4 Å². The Balaban J connectivity index is 3.08. The van der Waals surface area contributed by atoms with Crippen molar-refractivity contribution >= 4 is 11.6 Å². The lowest BCUT2D eigenvalue weighted by molar-refractivity contribution is 0.589. The minimum absolute atomic E-state index is 0.199. The molecule has 0 atom stereocenters. The molecule has 0 amide bonds. The highest BCUT2D eigenvalue weighted by atomic mass is 35.5. The molecule has 62 valence electrons. The van der Waals surface area contributed by atoms with Crippen LogP contribution in [0.2, 0.25) is 5.15 Å². The maximum Gasteiger partial charge on any atom is 0.108 e. The number of hydrogen-bond donors (Lipinski definition) is 0. The van der Waals surface area contributed by atoms with Gasteiger partial charge in [0.15, 0.2) is 0 Å². The minimum atomic E-state index is 0.199. The number of aryl methyl sites for hydroxylation is 1. The van der Waals surface area contributed by atoms with E-state index in [4.69, 9.17) is 11.6 Å². The summed E-state index contributed by atoms with van der Waals surface area (Å²) in [7, 11) is 1.96. The van der Waals surface area contributed by atoms with Crippen molar-refractivity contribution in [2.24, 2.45) is 7.05 Å². The van der Waals surface area contributed by atoms with Crippen LogP contribution >= 0.6 is 11.6 Å². The molecule has 0 aromatic carbocycles. The Bertz CT molecular complexity index is 236. The third-order valence-corrected chi connectivity index (χ3v) is 2.19. The third kappa shape index (κ3) is 1.78. The molecule has 0 saturated heterocycles. The normalized spacial score (nSPS) is 12.1. The summed E-state index contributed by atoms with van der Waals surface area (Å²) in [5.74, 6) is 0. The summed E-state index contributed by atoms with van der Waals surface area (Å²) in [5, 5.41) is 0.801. The first kappa shape index (κ1) is 8.66. The van der Waals surface area contributed by atoms with Crippen molar-refractivity contribution in [1.29, 1.82) is 0 Å². The number of hydrogen-bond acceptors (Lipinski definition) is 0. The molecule has 0 N–H and O–H groups in total. The van der Waals surface area contributed by atoms with Crippen LogP contribution in [0.4, 0.5) is 0 Å². The van der Waals surface area contributed by atoms with E-state index in [1.165, 1.54) is 5.56 Å². The van der Waals surface area contributed by atoms with E-state index in [9.17, 15) is 0 Å². The fraction of sp³-hybridized carbons (Fsp3) is 0.556. The van der Waals surface area contributed by atoms with Crippen LogP contribution in [0, 0.1) is 0 Å². The molecule has 0 radical (unpaired) electrons. The highest BCUT2D eigenvalue weighted by molar-refractivity contribution is 6.29. The van der Waals surface area contributed by atoms with E-state index < -0.39 is 0 Å². The highest BCUT2D eigenvalue weighted by Crippen LogP contribution is 2.25. The van der Waals surface area contributed by atoms with Gasteiger partial charge in [0, 0.05) is 13.2 Å². The molecular formula is C9H14ClN. The molecule has 1 aromatic rings. The van der Waals surface area contributed by atoms with Gasteiger partial charge in [-0.05, 0) is 17.0 Å². The zero-order valence-electron chi connectivity index (χ0n) is 7.48. The topological polar surface area (TPSA) is 4.93 Å². The number of nitrogens with zero attached hydrogens (tertiary/aromatic N) is 1. The summed E-state index contributed by atoms with van der Waals surface area (Å²) in [6.07, 6.45) is 2.07. The van der Waals surface area contributed by atoms with Gasteiger partial charge in [-0.25, -0.2) is 0 Å². The van der Waals surface area contributed by atoms with Gasteiger partial charge in [-0.2, -0.15) is 0 Å². The summed E-state index contributed by atoms with van der Waals surface area (Å²) in [5.41, 5.74) is 1.48. The molecule has 0 saturated carbocycles. The lowest BCUT2D eigenvalue weighted by Crippen LogP contribution is -2.09. The Morgan fingerprint density at radius 2 is 1.91 bits per heavy atom. The van der Waals surface area contributed by atoms with E-state index in [0.29, 0.717) is 0 Å². The van der Waals surface area contributed by atoms with Crippen molar-refractivity contribution in [2.75, 3.05) is 0 Å². The third-order valence-electron chi connectivity index (χ3n) is 1.81. The molecule has 0 aliphatic heterocycles. The molecule has 11 heavy (non-hydrogen) atoms. The van der Waals surface area contributed by atoms with Gasteiger partial charge in [0.05, 0.1) is 0 Å². The van der Waals surface area contributed by atoms with Gasteiger partial charge < -0.3 is 4.57 Å². The SMILES string of the molecule is Cn1cc(C(C)(C)C)cc1Cl. The van der Waals surface area contributed by atoms with Crippen molar-refractivity contribution < 1.29 is 0 Å². The second kappa shape index (κ2) is 2.56. The van der Waals surface area contributed by atoms with E-state index in [2.05, 4.69) is 27.0 Å². The molecule has 0 bridgehead atoms. The lowest BCUT2D eigenvalue weighted by atomic mass is 9.89. The molecule has 0 aliphatic rings. The van der Waals surface area contributed by atoms with Crippen LogP contribution in [0.15, 0.2) is 12.3 Å². The zero-order chi connectivity index (χ0) is 8.65. The van der Waals surface area contributed by atoms with Gasteiger partial charge in [-0.3, -0.25) is 0 Å². The number of halogens is 1. The van der Waals surface area contributed by atoms with Crippen LogP contribution in [-0.2, 0) is 12.5 Å². The molecule has 0 spiro atoms. The fourth-order valence-electron chi connectivity index (χ4n) is 0.948. The van der Waals surface area contributed by atoms with E-state index >= 15 is 0 Å². The summed E-state index contributed by atoms with van der Waals surface area (Å²) in [6.45, 7) is 6.54. The van der Waals surface area contributed by atoms with Gasteiger partial charge in [0.1, 0.15) is 5.15 Å². The van der Waals surface area contributed by atoms with Crippen LogP contribution in [0.3, 0.4) is 0 Å². The molecular weight excluding hydrogens is 158 g/mol. The van der Waals surface area contributed by atoms with Crippen molar-refractivity contribution in [1.82, 2.24) is 4.57 Å². The quantitative estimate of drug-likeness (QED) is 0.566. The second-order valence-corrected chi connectivity index (χ2v) is 4.30. The predicted molar refractivity (Wildman–Crippen MR) is 49.1 cm³/mol. The highest BCUT2D eigenvalue weighted by Gasteiger charge is 2.15. The van der Waals surface area contributed by atoms with Gasteiger partial charge in [0.25, 0.3) is 0 Å². The van der Waals surface area contributed by atoms with E-state index in [-0.39, 0.29) is 5.41 Å². The average Bonchev–Trinajstić information content (AvgIpc) is 2.11. The molecule has 1 nitrogen and oxygen atoms in total. The van der Waals surface area contributed by atoms with Crippen LogP contribution < -0.4 is 0 Å². The van der Waals surface area contributed by atoms with Crippen LogP contribution in [-0.4, -0.2) is 4.57 Å². The van der Waals surface area contributed by atoms with Gasteiger partial charge in [-0.15, -0.1) is 0 Å². The first-order valence-corrected chi connectivity index (χ1v) is 4.11. The Kier molecular flexibility index (Phi) is 2.02. The lowest BCUT2D eigenvalue weighted by Gasteiger charge is -2.15. The Labute approximate surface area is 73.0 Å². The molecule has 1 aromatic heterocycles. The molecule has 1 heterocycles. The monoisotopic (exact) mass is 171 g/mol. The van der Waals surface area contributed by atoms with E-state index in [1.807, 2.05) is 17.7 Å². The Morgan fingerprint density at radius 3 is 2.09 bits per heavy atom. The van der Waals surface area contributed by atoms with Crippen molar-refractivity contribution in [3.05, 3.63) is 23.0 Å². The van der Waals surface area contributed by atoms with Gasteiger partial charge in [0.2, 0.25) is 0 Å². The van der Waals surface area contributed by atoms with Gasteiger partial charge >= 0.3 is 0 Å². The van der Waals surface area contributed by atoms with E-state index in [0.717, 1.165) is 5.15 Å². The molecule has 0 unspecified atom stereocenters. The first-order valence-electron chi connectivity index (χ1n) is 3.73. The van der Waals surface area contributed by atoms with Crippen LogP contribution in [0.25, 0.3) is 0 Å². The molecule has 2 heteroatoms. The smallest absolute Gasteiger partial charge is 0.108 e. The van der Waals surface area contributed by atoms with E-state index in [1.54, 1.807) is 0 Å². The predicted octanol–water partition coefficient (Wildman–Crippen LogP) is 2.98. The fourth-order valence-corrected chi connectivity index (χ4v) is 1.11. The first-order chi connectivity index (χ1) is 4.91. The zero-order valence-corrected chi connectivity index (χ0v) is 8.24. The largest absolute Gasteiger partial charge is 0.342 e. The number of rotatable bonds is 0. The maximum absolute atomic E-state index is 5.90. The van der Waals surface area contributed by atoms with Crippen LogP contribution in [0.5, 0.6) is 0 Å². The minimum Gasteiger partial charge on any atom is -0.342 e. The summed E-state index contributed by atoms with van der Waals surface area (Å²) in [6, 6.07) is 2.02. The van der Waals surface area contributed by atoms with Crippen molar-refractivity contribution in [3.63, 3.8) is 0 Å².